The Morgan fingerprint density at radius 2 is 1.70 bits per heavy atom. The predicted molar refractivity (Wildman–Crippen MR) is 112 cm³/mol. The van der Waals surface area contributed by atoms with Gasteiger partial charge in [0, 0.05) is 6.54 Å². The first-order chi connectivity index (χ1) is 14.6. The molecule has 1 aliphatic heterocycles. The molecule has 2 amide bonds. The van der Waals surface area contributed by atoms with E-state index in [0.717, 1.165) is 16.7 Å². The van der Waals surface area contributed by atoms with Crippen LogP contribution in [0, 0.1) is 5.82 Å². The Labute approximate surface area is 174 Å². The zero-order valence-corrected chi connectivity index (χ0v) is 16.5. The maximum Gasteiger partial charge on any atom is 0.339 e. The Bertz CT molecular complexity index is 1080. The number of ether oxygens (including phenoxy) is 1. The van der Waals surface area contributed by atoms with Crippen molar-refractivity contribution in [2.75, 3.05) is 19.0 Å². The summed E-state index contributed by atoms with van der Waals surface area (Å²) in [5.41, 5.74) is 3.65. The molecule has 0 bridgehead atoms. The number of carbonyl (C=O) groups excluding carboxylic acids is 2. The van der Waals surface area contributed by atoms with Crippen LogP contribution in [0.2, 0.25) is 0 Å². The first-order valence-electron chi connectivity index (χ1n) is 9.66. The van der Waals surface area contributed by atoms with E-state index in [2.05, 4.69) is 5.32 Å². The van der Waals surface area contributed by atoms with Crippen LogP contribution in [-0.4, -0.2) is 30.6 Å². The summed E-state index contributed by atoms with van der Waals surface area (Å²) < 4.78 is 18.3. The van der Waals surface area contributed by atoms with Gasteiger partial charge in [-0.3, -0.25) is 0 Å². The highest BCUT2D eigenvalue weighted by atomic mass is 19.1. The second kappa shape index (κ2) is 8.37. The molecule has 0 fully saturated rings. The smallest absolute Gasteiger partial charge is 0.339 e. The molecule has 0 spiro atoms. The zero-order valence-electron chi connectivity index (χ0n) is 16.5. The number of halogens is 1. The van der Waals surface area contributed by atoms with Gasteiger partial charge >= 0.3 is 12.0 Å². The molecule has 1 N–H and O–H groups in total. The summed E-state index contributed by atoms with van der Waals surface area (Å²) in [4.78, 5) is 27.0. The maximum atomic E-state index is 13.5. The van der Waals surface area contributed by atoms with Gasteiger partial charge in [-0.25, -0.2) is 14.0 Å². The van der Waals surface area contributed by atoms with Crippen LogP contribution in [-0.2, 0) is 11.2 Å². The predicted octanol–water partition coefficient (Wildman–Crippen LogP) is 4.79. The number of esters is 1. The van der Waals surface area contributed by atoms with Crippen molar-refractivity contribution in [2.24, 2.45) is 0 Å². The van der Waals surface area contributed by atoms with Crippen molar-refractivity contribution >= 4 is 17.7 Å². The Kier molecular flexibility index (Phi) is 5.48. The minimum absolute atomic E-state index is 0.282. The summed E-state index contributed by atoms with van der Waals surface area (Å²) in [6.07, 6.45) is 0.708. The number of methoxy groups -OCH3 is 1. The third kappa shape index (κ3) is 3.76. The number of rotatable bonds is 3. The molecule has 0 radical (unpaired) electrons. The summed E-state index contributed by atoms with van der Waals surface area (Å²) in [5.74, 6) is -0.851. The molecule has 1 aliphatic rings. The number of nitrogens with one attached hydrogen (secondary N) is 1. The normalized spacial score (nSPS) is 15.3. The topological polar surface area (TPSA) is 58.6 Å². The summed E-state index contributed by atoms with van der Waals surface area (Å²) in [6, 6.07) is 20.2. The third-order valence-electron chi connectivity index (χ3n) is 5.30. The van der Waals surface area contributed by atoms with Crippen LogP contribution >= 0.6 is 0 Å². The van der Waals surface area contributed by atoms with E-state index in [9.17, 15) is 14.0 Å². The number of urea groups is 1. The molecule has 5 nitrogen and oxygen atoms in total. The molecule has 0 saturated carbocycles. The third-order valence-corrected chi connectivity index (χ3v) is 5.30. The largest absolute Gasteiger partial charge is 0.465 e. The highest BCUT2D eigenvalue weighted by Gasteiger charge is 2.32. The molecule has 30 heavy (non-hydrogen) atoms. The number of benzene rings is 3. The van der Waals surface area contributed by atoms with E-state index >= 15 is 0 Å². The van der Waals surface area contributed by atoms with Crippen molar-refractivity contribution < 1.29 is 18.7 Å². The van der Waals surface area contributed by atoms with Crippen molar-refractivity contribution in [1.82, 2.24) is 4.90 Å². The molecule has 3 aromatic rings. The Hall–Kier alpha value is -3.67. The van der Waals surface area contributed by atoms with E-state index in [1.54, 1.807) is 41.3 Å². The molecule has 0 saturated heterocycles. The lowest BCUT2D eigenvalue weighted by Gasteiger charge is -2.37. The second-order valence-electron chi connectivity index (χ2n) is 7.06. The van der Waals surface area contributed by atoms with Crippen molar-refractivity contribution in [2.45, 2.75) is 12.5 Å². The van der Waals surface area contributed by atoms with Crippen LogP contribution < -0.4 is 5.32 Å². The van der Waals surface area contributed by atoms with Gasteiger partial charge in [-0.15, -0.1) is 0 Å². The van der Waals surface area contributed by atoms with Crippen LogP contribution in [0.15, 0.2) is 72.8 Å². The van der Waals surface area contributed by atoms with Gasteiger partial charge in [-0.05, 0) is 47.4 Å². The number of fused-ring (bicyclic) bond motifs is 1. The van der Waals surface area contributed by atoms with Gasteiger partial charge in [0.2, 0.25) is 0 Å². The lowest BCUT2D eigenvalue weighted by atomic mass is 9.88. The highest BCUT2D eigenvalue weighted by Crippen LogP contribution is 2.35. The van der Waals surface area contributed by atoms with Gasteiger partial charge < -0.3 is 15.0 Å². The van der Waals surface area contributed by atoms with Crippen LogP contribution in [0.1, 0.15) is 33.1 Å². The van der Waals surface area contributed by atoms with E-state index in [1.807, 2.05) is 24.3 Å². The molecule has 0 aliphatic carbocycles. The molecule has 4 rings (SSSR count). The summed E-state index contributed by atoms with van der Waals surface area (Å²) in [7, 11) is 1.30. The Balaban J connectivity index is 1.70. The van der Waals surface area contributed by atoms with E-state index in [0.29, 0.717) is 18.7 Å². The standard InChI is InChI=1S/C24H21FN2O3/c1-30-23(28)20-8-4-5-9-21(20)26-24(29)27-15-14-16-6-2-3-7-19(16)22(27)17-10-12-18(25)13-11-17/h2-13,22H,14-15H2,1H3,(H,26,29). The molecule has 1 unspecified atom stereocenters. The summed E-state index contributed by atoms with van der Waals surface area (Å²) in [6.45, 7) is 0.491. The molecule has 3 aromatic carbocycles. The van der Waals surface area contributed by atoms with Gasteiger partial charge in [0.25, 0.3) is 0 Å². The molecule has 0 aromatic heterocycles. The number of carbonyl (C=O) groups is 2. The number of anilines is 1. The van der Waals surface area contributed by atoms with E-state index in [4.69, 9.17) is 4.74 Å². The molecular weight excluding hydrogens is 383 g/mol. The SMILES string of the molecule is COC(=O)c1ccccc1NC(=O)N1CCc2ccccc2C1c1ccc(F)cc1. The first kappa shape index (κ1) is 19.6. The van der Waals surface area contributed by atoms with Gasteiger partial charge in [0.05, 0.1) is 24.4 Å². The van der Waals surface area contributed by atoms with E-state index in [1.165, 1.54) is 19.2 Å². The number of nitrogens with zero attached hydrogens (tertiary/aromatic N) is 1. The molecule has 6 heteroatoms. The average molecular weight is 404 g/mol. The number of amides is 2. The monoisotopic (exact) mass is 404 g/mol. The van der Waals surface area contributed by atoms with E-state index < -0.39 is 5.97 Å². The first-order valence-corrected chi connectivity index (χ1v) is 9.66. The molecule has 1 atom stereocenters. The number of hydrogen-bond acceptors (Lipinski definition) is 3. The van der Waals surface area contributed by atoms with Gasteiger partial charge in [-0.1, -0.05) is 48.5 Å². The van der Waals surface area contributed by atoms with E-state index in [-0.39, 0.29) is 23.5 Å². The number of para-hydroxylation sites is 1. The zero-order chi connectivity index (χ0) is 21.1. The molecule has 152 valence electrons. The van der Waals surface area contributed by atoms with Crippen molar-refractivity contribution in [3.8, 4) is 0 Å². The maximum absolute atomic E-state index is 13.5. The summed E-state index contributed by atoms with van der Waals surface area (Å²) >= 11 is 0. The van der Waals surface area contributed by atoms with Crippen LogP contribution in [0.5, 0.6) is 0 Å². The van der Waals surface area contributed by atoms with Crippen molar-refractivity contribution in [1.29, 1.82) is 0 Å². The minimum Gasteiger partial charge on any atom is -0.465 e. The summed E-state index contributed by atoms with van der Waals surface area (Å²) in [5, 5.41) is 2.85. The van der Waals surface area contributed by atoms with Gasteiger partial charge in [0.15, 0.2) is 0 Å². The fourth-order valence-corrected chi connectivity index (χ4v) is 3.86. The average Bonchev–Trinajstić information content (AvgIpc) is 2.78. The lowest BCUT2D eigenvalue weighted by molar-refractivity contribution is 0.0602. The Morgan fingerprint density at radius 1 is 1.00 bits per heavy atom. The number of hydrogen-bond donors (Lipinski definition) is 1. The fraction of sp³-hybridized carbons (Fsp3) is 0.167. The molecular formula is C24H21FN2O3. The molecule has 1 heterocycles. The second-order valence-corrected chi connectivity index (χ2v) is 7.06. The van der Waals surface area contributed by atoms with Crippen molar-refractivity contribution in [3.63, 3.8) is 0 Å². The highest BCUT2D eigenvalue weighted by molar-refractivity contribution is 6.01. The van der Waals surface area contributed by atoms with Crippen LogP contribution in [0.3, 0.4) is 0 Å². The lowest BCUT2D eigenvalue weighted by Crippen LogP contribution is -2.43. The van der Waals surface area contributed by atoms with Crippen LogP contribution in [0.25, 0.3) is 0 Å². The minimum atomic E-state index is -0.523. The fourth-order valence-electron chi connectivity index (χ4n) is 3.86. The Morgan fingerprint density at radius 3 is 2.47 bits per heavy atom. The van der Waals surface area contributed by atoms with Crippen molar-refractivity contribution in [3.05, 3.63) is 101 Å². The van der Waals surface area contributed by atoms with Gasteiger partial charge in [-0.2, -0.15) is 0 Å². The van der Waals surface area contributed by atoms with Gasteiger partial charge in [0.1, 0.15) is 5.82 Å². The quantitative estimate of drug-likeness (QED) is 0.639. The van der Waals surface area contributed by atoms with Crippen LogP contribution in [0.4, 0.5) is 14.9 Å².